The van der Waals surface area contributed by atoms with Gasteiger partial charge in [0.1, 0.15) is 12.1 Å². The smallest absolute Gasteiger partial charge is 0.228 e. The molecular formula is C18H20ClN7O2S. The largest absolute Gasteiger partial charge is 0.390 e. The minimum Gasteiger partial charge on any atom is -0.390 e. The van der Waals surface area contributed by atoms with Crippen molar-refractivity contribution in [1.29, 1.82) is 0 Å². The van der Waals surface area contributed by atoms with E-state index in [0.717, 1.165) is 41.7 Å². The van der Waals surface area contributed by atoms with E-state index in [1.54, 1.807) is 16.9 Å². The number of aromatic nitrogens is 5. The Bertz CT molecular complexity index is 1050. The summed E-state index contributed by atoms with van der Waals surface area (Å²) >= 11 is 7.71. The van der Waals surface area contributed by atoms with E-state index in [1.165, 1.54) is 18.1 Å². The zero-order chi connectivity index (χ0) is 20.0. The van der Waals surface area contributed by atoms with Crippen molar-refractivity contribution in [2.75, 3.05) is 36.9 Å². The molecule has 29 heavy (non-hydrogen) atoms. The molecule has 2 aliphatic heterocycles. The Morgan fingerprint density at radius 2 is 2.07 bits per heavy atom. The number of halogens is 1. The first kappa shape index (κ1) is 18.9. The molecule has 2 fully saturated rings. The Kier molecular flexibility index (Phi) is 4.73. The number of aliphatic hydroxyl groups is 1. The first-order valence-electron chi connectivity index (χ1n) is 9.35. The summed E-state index contributed by atoms with van der Waals surface area (Å²) in [6.45, 7) is 2.61. The predicted octanol–water partition coefficient (Wildman–Crippen LogP) is 1.88. The number of hydrogen-bond donors (Lipinski definition) is 2. The van der Waals surface area contributed by atoms with Crippen molar-refractivity contribution in [3.8, 4) is 0 Å². The average molecular weight is 434 g/mol. The van der Waals surface area contributed by atoms with Gasteiger partial charge >= 0.3 is 0 Å². The maximum atomic E-state index is 10.3. The molecule has 3 aromatic heterocycles. The van der Waals surface area contributed by atoms with Gasteiger partial charge in [-0.3, -0.25) is 0 Å². The summed E-state index contributed by atoms with van der Waals surface area (Å²) in [4.78, 5) is 16.9. The van der Waals surface area contributed by atoms with Crippen molar-refractivity contribution in [2.45, 2.75) is 28.7 Å². The monoisotopic (exact) mass is 433 g/mol. The van der Waals surface area contributed by atoms with Gasteiger partial charge in [0.05, 0.1) is 29.2 Å². The lowest BCUT2D eigenvalue weighted by atomic mass is 9.76. The number of nitrogens with zero attached hydrogens (tertiary/aromatic N) is 6. The lowest BCUT2D eigenvalue weighted by molar-refractivity contribution is 0.0492. The van der Waals surface area contributed by atoms with Crippen molar-refractivity contribution in [3.05, 3.63) is 29.8 Å². The molecule has 0 aromatic carbocycles. The van der Waals surface area contributed by atoms with Crippen molar-refractivity contribution in [1.82, 2.24) is 24.6 Å². The summed E-state index contributed by atoms with van der Waals surface area (Å²) in [6, 6.07) is 1.81. The Morgan fingerprint density at radius 1 is 1.24 bits per heavy atom. The molecule has 1 spiro atoms. The molecule has 5 rings (SSSR count). The number of nitrogen functional groups attached to an aromatic ring is 1. The van der Waals surface area contributed by atoms with Crippen LogP contribution in [0.25, 0.3) is 5.65 Å². The second kappa shape index (κ2) is 7.28. The Morgan fingerprint density at radius 3 is 2.83 bits per heavy atom. The zero-order valence-electron chi connectivity index (χ0n) is 15.5. The number of rotatable bonds is 3. The zero-order valence-corrected chi connectivity index (χ0v) is 17.1. The molecule has 9 nitrogen and oxygen atoms in total. The first-order chi connectivity index (χ1) is 14.1. The average Bonchev–Trinajstić information content (AvgIpc) is 3.35. The van der Waals surface area contributed by atoms with E-state index in [0.29, 0.717) is 29.7 Å². The molecule has 3 N–H and O–H groups in total. The maximum Gasteiger partial charge on any atom is 0.228 e. The van der Waals surface area contributed by atoms with Crippen molar-refractivity contribution in [2.24, 2.45) is 5.41 Å². The fourth-order valence-corrected chi connectivity index (χ4v) is 5.11. The quantitative estimate of drug-likeness (QED) is 0.638. The molecule has 3 aromatic rings. The third-order valence-electron chi connectivity index (χ3n) is 5.77. The van der Waals surface area contributed by atoms with Crippen LogP contribution in [0.4, 0.5) is 11.8 Å². The van der Waals surface area contributed by atoms with Crippen molar-refractivity contribution < 1.29 is 9.84 Å². The Balaban J connectivity index is 1.42. The number of ether oxygens (including phenoxy) is 1. The highest BCUT2D eigenvalue weighted by atomic mass is 35.5. The van der Waals surface area contributed by atoms with Gasteiger partial charge in [-0.15, -0.1) is 0 Å². The van der Waals surface area contributed by atoms with Gasteiger partial charge in [0.2, 0.25) is 5.95 Å². The summed E-state index contributed by atoms with van der Waals surface area (Å²) in [7, 11) is 0. The van der Waals surface area contributed by atoms with E-state index in [4.69, 9.17) is 22.1 Å². The molecule has 5 heterocycles. The third-order valence-corrected chi connectivity index (χ3v) is 7.35. The van der Waals surface area contributed by atoms with Crippen LogP contribution in [0, 0.1) is 5.41 Å². The summed E-state index contributed by atoms with van der Waals surface area (Å²) in [5, 5.41) is 15.1. The number of hydrogen-bond acceptors (Lipinski definition) is 9. The highest BCUT2D eigenvalue weighted by Crippen LogP contribution is 2.41. The van der Waals surface area contributed by atoms with Crippen LogP contribution >= 0.6 is 23.4 Å². The molecule has 0 amide bonds. The fraction of sp³-hybridized carbons (Fsp3) is 0.444. The fourth-order valence-electron chi connectivity index (χ4n) is 3.99. The molecular weight excluding hydrogens is 414 g/mol. The number of anilines is 2. The highest BCUT2D eigenvalue weighted by Gasteiger charge is 2.45. The van der Waals surface area contributed by atoms with Gasteiger partial charge in [-0.2, -0.15) is 9.61 Å². The van der Waals surface area contributed by atoms with E-state index >= 15 is 0 Å². The number of pyridine rings is 1. The lowest BCUT2D eigenvalue weighted by Gasteiger charge is -2.40. The van der Waals surface area contributed by atoms with E-state index in [9.17, 15) is 5.11 Å². The van der Waals surface area contributed by atoms with Crippen LogP contribution in [0.3, 0.4) is 0 Å². The van der Waals surface area contributed by atoms with Gasteiger partial charge in [-0.05, 0) is 18.9 Å². The summed E-state index contributed by atoms with van der Waals surface area (Å²) in [5.74, 6) is 1.03. The molecule has 1 atom stereocenters. The maximum absolute atomic E-state index is 10.3. The lowest BCUT2D eigenvalue weighted by Crippen LogP contribution is -2.46. The van der Waals surface area contributed by atoms with E-state index in [2.05, 4.69) is 25.0 Å². The van der Waals surface area contributed by atoms with Gasteiger partial charge in [0.25, 0.3) is 0 Å². The topological polar surface area (TPSA) is 115 Å². The van der Waals surface area contributed by atoms with Gasteiger partial charge in [-0.25, -0.2) is 15.0 Å². The van der Waals surface area contributed by atoms with Crippen LogP contribution in [-0.4, -0.2) is 62.1 Å². The normalized spacial score (nSPS) is 21.3. The van der Waals surface area contributed by atoms with E-state index in [-0.39, 0.29) is 11.5 Å². The molecule has 11 heteroatoms. The Hall–Kier alpha value is -2.14. The van der Waals surface area contributed by atoms with Crippen LogP contribution in [-0.2, 0) is 4.74 Å². The molecule has 0 bridgehead atoms. The minimum atomic E-state index is -0.389. The van der Waals surface area contributed by atoms with Crippen molar-refractivity contribution >= 4 is 40.8 Å². The Labute approximate surface area is 176 Å². The van der Waals surface area contributed by atoms with E-state index in [1.807, 2.05) is 6.07 Å². The number of fused-ring (bicyclic) bond motifs is 1. The molecule has 0 saturated carbocycles. The third kappa shape index (κ3) is 3.20. The van der Waals surface area contributed by atoms with Gasteiger partial charge in [0, 0.05) is 35.8 Å². The molecule has 2 saturated heterocycles. The van der Waals surface area contributed by atoms with Crippen LogP contribution in [0.2, 0.25) is 5.02 Å². The second-order valence-electron chi connectivity index (χ2n) is 7.41. The number of nitrogens with two attached hydrogens (primary N) is 1. The minimum absolute atomic E-state index is 0.133. The van der Waals surface area contributed by atoms with E-state index < -0.39 is 0 Å². The molecule has 2 aliphatic rings. The summed E-state index contributed by atoms with van der Waals surface area (Å²) < 4.78 is 7.25. The SMILES string of the molecule is Nc1nccc(Sc2cnc(N3CCC4(CC3)COC[C@H]4O)n3ncnc23)c1Cl. The number of aliphatic hydroxyl groups excluding tert-OH is 1. The van der Waals surface area contributed by atoms with Crippen LogP contribution in [0.1, 0.15) is 12.8 Å². The number of piperidine rings is 1. The molecule has 0 radical (unpaired) electrons. The van der Waals surface area contributed by atoms with Crippen molar-refractivity contribution in [3.63, 3.8) is 0 Å². The van der Waals surface area contributed by atoms with Gasteiger partial charge in [-0.1, -0.05) is 23.4 Å². The van der Waals surface area contributed by atoms with Crippen LogP contribution in [0.15, 0.2) is 34.6 Å². The molecule has 0 unspecified atom stereocenters. The van der Waals surface area contributed by atoms with Crippen LogP contribution in [0.5, 0.6) is 0 Å². The van der Waals surface area contributed by atoms with Gasteiger partial charge < -0.3 is 20.5 Å². The highest BCUT2D eigenvalue weighted by molar-refractivity contribution is 7.99. The molecule has 152 valence electrons. The summed E-state index contributed by atoms with van der Waals surface area (Å²) in [6.07, 6.45) is 6.25. The van der Waals surface area contributed by atoms with Gasteiger partial charge in [0.15, 0.2) is 5.65 Å². The first-order valence-corrected chi connectivity index (χ1v) is 10.5. The van der Waals surface area contributed by atoms with Crippen LogP contribution < -0.4 is 10.6 Å². The second-order valence-corrected chi connectivity index (χ2v) is 8.87. The summed E-state index contributed by atoms with van der Waals surface area (Å²) in [5.41, 5.74) is 6.38. The standard InChI is InChI=1S/C18H20ClN7O2S/c19-14-11(1-4-21-15(14)20)29-12-7-22-17(26-16(12)23-10-24-26)25-5-2-18(3-6-25)9-28-8-13(18)27/h1,4,7,10,13,27H,2-3,5-6,8-9H2,(H2,20,21)/t13-/m1/s1. The molecule has 0 aliphatic carbocycles. The predicted molar refractivity (Wildman–Crippen MR) is 109 cm³/mol.